The molecule has 0 amide bonds. The second-order valence-electron chi connectivity index (χ2n) is 5.87. The van der Waals surface area contributed by atoms with E-state index in [4.69, 9.17) is 4.98 Å². The second-order valence-corrected chi connectivity index (χ2v) is 6.82. The number of aromatic amines is 1. The fourth-order valence-corrected chi connectivity index (χ4v) is 3.23. The predicted octanol–water partition coefficient (Wildman–Crippen LogP) is 4.08. The summed E-state index contributed by atoms with van der Waals surface area (Å²) in [5, 5.41) is 9.77. The molecular formula is C18H16N6S. The summed E-state index contributed by atoms with van der Waals surface area (Å²) in [6.07, 6.45) is 3.48. The highest BCUT2D eigenvalue weighted by Gasteiger charge is 2.14. The van der Waals surface area contributed by atoms with Gasteiger partial charge in [0.05, 0.1) is 5.52 Å². The molecule has 0 aliphatic heterocycles. The van der Waals surface area contributed by atoms with Gasteiger partial charge in [0.1, 0.15) is 10.9 Å². The van der Waals surface area contributed by atoms with Gasteiger partial charge in [-0.05, 0) is 30.0 Å². The fraction of sp³-hybridized carbons (Fsp3) is 0.167. The van der Waals surface area contributed by atoms with E-state index in [-0.39, 0.29) is 0 Å². The van der Waals surface area contributed by atoms with Crippen molar-refractivity contribution in [3.05, 3.63) is 54.6 Å². The van der Waals surface area contributed by atoms with Crippen LogP contribution in [0.4, 0.5) is 0 Å². The third kappa shape index (κ3) is 3.23. The Balaban J connectivity index is 1.80. The van der Waals surface area contributed by atoms with Gasteiger partial charge in [0.25, 0.3) is 0 Å². The Morgan fingerprint density at radius 1 is 0.960 bits per heavy atom. The van der Waals surface area contributed by atoms with Crippen molar-refractivity contribution in [2.75, 3.05) is 0 Å². The first-order valence-corrected chi connectivity index (χ1v) is 8.79. The topological polar surface area (TPSA) is 80.2 Å². The van der Waals surface area contributed by atoms with Crippen molar-refractivity contribution in [3.63, 3.8) is 0 Å². The third-order valence-electron chi connectivity index (χ3n) is 3.72. The number of hydrogen-bond acceptors (Lipinski definition) is 6. The molecule has 4 aromatic rings. The van der Waals surface area contributed by atoms with E-state index in [1.54, 1.807) is 12.4 Å². The monoisotopic (exact) mass is 348 g/mol. The van der Waals surface area contributed by atoms with Crippen molar-refractivity contribution in [3.8, 4) is 11.4 Å². The van der Waals surface area contributed by atoms with Crippen LogP contribution in [-0.2, 0) is 0 Å². The standard InChI is InChI=1S/C18H16N6S/c1-11(2)15-22-18(24-23-15)25-17-13-5-3-4-6-14(13)20-16(21-17)12-7-9-19-10-8-12/h3-11H,1-2H3,(H,22,23,24). The molecule has 0 unspecified atom stereocenters. The number of rotatable bonds is 4. The molecule has 0 spiro atoms. The molecule has 0 saturated carbocycles. The SMILES string of the molecule is CC(C)c1nc(Sc2nc(-c3ccncc3)nc3ccccc23)n[nH]1. The van der Waals surface area contributed by atoms with Crippen LogP contribution in [0.3, 0.4) is 0 Å². The number of benzene rings is 1. The summed E-state index contributed by atoms with van der Waals surface area (Å²) in [4.78, 5) is 18.0. The summed E-state index contributed by atoms with van der Waals surface area (Å²) in [6.45, 7) is 4.16. The van der Waals surface area contributed by atoms with Gasteiger partial charge in [0.15, 0.2) is 5.82 Å². The summed E-state index contributed by atoms with van der Waals surface area (Å²) in [7, 11) is 0. The molecule has 3 aromatic heterocycles. The maximum Gasteiger partial charge on any atom is 0.214 e. The summed E-state index contributed by atoms with van der Waals surface area (Å²) < 4.78 is 0. The normalized spacial score (nSPS) is 11.3. The maximum absolute atomic E-state index is 4.75. The molecule has 6 nitrogen and oxygen atoms in total. The first-order valence-electron chi connectivity index (χ1n) is 7.98. The van der Waals surface area contributed by atoms with Crippen LogP contribution in [0.1, 0.15) is 25.6 Å². The molecule has 0 atom stereocenters. The fourth-order valence-electron chi connectivity index (χ4n) is 2.40. The largest absolute Gasteiger partial charge is 0.265 e. The highest BCUT2D eigenvalue weighted by Crippen LogP contribution is 2.31. The zero-order valence-electron chi connectivity index (χ0n) is 13.8. The van der Waals surface area contributed by atoms with E-state index >= 15 is 0 Å². The smallest absolute Gasteiger partial charge is 0.214 e. The summed E-state index contributed by atoms with van der Waals surface area (Å²) in [5.74, 6) is 1.84. The zero-order valence-corrected chi connectivity index (χ0v) is 14.7. The van der Waals surface area contributed by atoms with Gasteiger partial charge in [-0.1, -0.05) is 32.0 Å². The molecule has 1 N–H and O–H groups in total. The van der Waals surface area contributed by atoms with Gasteiger partial charge in [-0.2, -0.15) is 0 Å². The minimum absolute atomic E-state index is 0.302. The molecule has 4 rings (SSSR count). The quantitative estimate of drug-likeness (QED) is 0.560. The Hall–Kier alpha value is -2.80. The number of fused-ring (bicyclic) bond motifs is 1. The van der Waals surface area contributed by atoms with Gasteiger partial charge in [-0.15, -0.1) is 5.10 Å². The lowest BCUT2D eigenvalue weighted by Gasteiger charge is -2.07. The molecule has 0 radical (unpaired) electrons. The average molecular weight is 348 g/mol. The second kappa shape index (κ2) is 6.60. The van der Waals surface area contributed by atoms with Crippen LogP contribution in [0.25, 0.3) is 22.3 Å². The van der Waals surface area contributed by atoms with Crippen LogP contribution < -0.4 is 0 Å². The molecule has 0 bridgehead atoms. The number of H-pyrrole nitrogens is 1. The lowest BCUT2D eigenvalue weighted by molar-refractivity contribution is 0.780. The van der Waals surface area contributed by atoms with Crippen LogP contribution in [0.15, 0.2) is 59.0 Å². The molecule has 7 heteroatoms. The van der Waals surface area contributed by atoms with E-state index in [9.17, 15) is 0 Å². The molecule has 1 aromatic carbocycles. The Kier molecular flexibility index (Phi) is 4.15. The maximum atomic E-state index is 4.75. The lowest BCUT2D eigenvalue weighted by atomic mass is 10.2. The Morgan fingerprint density at radius 3 is 2.52 bits per heavy atom. The summed E-state index contributed by atoms with van der Waals surface area (Å²) >= 11 is 1.44. The molecular weight excluding hydrogens is 332 g/mol. The van der Waals surface area contributed by atoms with Gasteiger partial charge in [-0.25, -0.2) is 15.0 Å². The van der Waals surface area contributed by atoms with Crippen molar-refractivity contribution < 1.29 is 0 Å². The van der Waals surface area contributed by atoms with Gasteiger partial charge in [0.2, 0.25) is 5.16 Å². The van der Waals surface area contributed by atoms with Crippen LogP contribution in [0.5, 0.6) is 0 Å². The van der Waals surface area contributed by atoms with Crippen molar-refractivity contribution in [1.29, 1.82) is 0 Å². The number of hydrogen-bond donors (Lipinski definition) is 1. The molecule has 0 aliphatic rings. The first-order chi connectivity index (χ1) is 12.2. The Labute approximate surface area is 149 Å². The van der Waals surface area contributed by atoms with E-state index in [0.717, 1.165) is 27.3 Å². The van der Waals surface area contributed by atoms with Crippen LogP contribution in [0, 0.1) is 0 Å². The summed E-state index contributed by atoms with van der Waals surface area (Å²) in [6, 6.07) is 11.8. The Bertz CT molecular complexity index is 1010. The number of nitrogens with one attached hydrogen (secondary N) is 1. The van der Waals surface area contributed by atoms with Gasteiger partial charge in [0, 0.05) is 29.3 Å². The predicted molar refractivity (Wildman–Crippen MR) is 97.4 cm³/mol. The van der Waals surface area contributed by atoms with Crippen LogP contribution in [0.2, 0.25) is 0 Å². The average Bonchev–Trinajstić information content (AvgIpc) is 3.11. The van der Waals surface area contributed by atoms with Crippen molar-refractivity contribution in [2.45, 2.75) is 29.9 Å². The zero-order chi connectivity index (χ0) is 17.2. The number of pyridine rings is 1. The van der Waals surface area contributed by atoms with E-state index in [2.05, 4.69) is 39.0 Å². The molecule has 0 saturated heterocycles. The molecule has 25 heavy (non-hydrogen) atoms. The third-order valence-corrected chi connectivity index (χ3v) is 4.59. The van der Waals surface area contributed by atoms with Gasteiger partial charge in [-0.3, -0.25) is 10.1 Å². The number of aromatic nitrogens is 6. The number of para-hydroxylation sites is 1. The number of nitrogens with zero attached hydrogens (tertiary/aromatic N) is 5. The van der Waals surface area contributed by atoms with Crippen LogP contribution >= 0.6 is 11.8 Å². The lowest BCUT2D eigenvalue weighted by Crippen LogP contribution is -1.94. The molecule has 0 fully saturated rings. The van der Waals surface area contributed by atoms with Crippen molar-refractivity contribution in [1.82, 2.24) is 30.1 Å². The van der Waals surface area contributed by atoms with E-state index in [0.29, 0.717) is 16.9 Å². The first kappa shape index (κ1) is 15.7. The van der Waals surface area contributed by atoms with E-state index < -0.39 is 0 Å². The van der Waals surface area contributed by atoms with Crippen molar-refractivity contribution in [2.24, 2.45) is 0 Å². The summed E-state index contributed by atoms with van der Waals surface area (Å²) in [5.41, 5.74) is 1.83. The highest BCUT2D eigenvalue weighted by molar-refractivity contribution is 7.99. The van der Waals surface area contributed by atoms with E-state index in [1.165, 1.54) is 11.8 Å². The molecule has 124 valence electrons. The molecule has 0 aliphatic carbocycles. The van der Waals surface area contributed by atoms with Crippen LogP contribution in [-0.4, -0.2) is 30.1 Å². The minimum Gasteiger partial charge on any atom is -0.265 e. The van der Waals surface area contributed by atoms with Gasteiger partial charge < -0.3 is 0 Å². The molecule has 3 heterocycles. The highest BCUT2D eigenvalue weighted by atomic mass is 32.2. The minimum atomic E-state index is 0.302. The van der Waals surface area contributed by atoms with E-state index in [1.807, 2.05) is 36.4 Å². The van der Waals surface area contributed by atoms with Gasteiger partial charge >= 0.3 is 0 Å². The Morgan fingerprint density at radius 2 is 1.76 bits per heavy atom. The van der Waals surface area contributed by atoms with Crippen molar-refractivity contribution >= 4 is 22.7 Å².